The van der Waals surface area contributed by atoms with Crippen LogP contribution in [0.3, 0.4) is 0 Å². The number of non-ortho nitro benzene ring substituents is 1. The van der Waals surface area contributed by atoms with Crippen LogP contribution in [-0.2, 0) is 0 Å². The summed E-state index contributed by atoms with van der Waals surface area (Å²) in [4.78, 5) is 14.2. The number of nitro benzene ring substituents is 1. The maximum atomic E-state index is 10.7. The molecule has 0 atom stereocenters. The lowest BCUT2D eigenvalue weighted by molar-refractivity contribution is -0.383. The van der Waals surface area contributed by atoms with Crippen LogP contribution < -0.4 is 0 Å². The number of nitro groups is 1. The first kappa shape index (κ1) is 10.3. The third kappa shape index (κ3) is 1.80. The number of hydrogen-bond donors (Lipinski definition) is 0. The van der Waals surface area contributed by atoms with Crippen LogP contribution >= 0.6 is 27.5 Å². The number of fused-ring (bicyclic) bond motifs is 1. The SMILES string of the molecule is O=[N+]([O-])c1ccc(Cl)c2cc(Br)cnc12. The van der Waals surface area contributed by atoms with E-state index >= 15 is 0 Å². The molecule has 0 amide bonds. The van der Waals surface area contributed by atoms with Gasteiger partial charge in [0, 0.05) is 22.1 Å². The molecule has 0 saturated heterocycles. The van der Waals surface area contributed by atoms with E-state index in [1.54, 1.807) is 6.07 Å². The fourth-order valence-corrected chi connectivity index (χ4v) is 1.83. The van der Waals surface area contributed by atoms with Gasteiger partial charge in [-0.2, -0.15) is 0 Å². The standard InChI is InChI=1S/C9H4BrClN2O2/c10-5-3-6-7(11)1-2-8(13(14)15)9(6)12-4-5/h1-4H. The molecule has 2 rings (SSSR count). The first-order valence-corrected chi connectivity index (χ1v) is 5.15. The van der Waals surface area contributed by atoms with Gasteiger partial charge in [-0.05, 0) is 28.1 Å². The van der Waals surface area contributed by atoms with Crippen molar-refractivity contribution in [2.75, 3.05) is 0 Å². The summed E-state index contributed by atoms with van der Waals surface area (Å²) in [6.45, 7) is 0. The Morgan fingerprint density at radius 1 is 1.47 bits per heavy atom. The molecule has 15 heavy (non-hydrogen) atoms. The fraction of sp³-hybridized carbons (Fsp3) is 0. The molecule has 0 aliphatic carbocycles. The first-order chi connectivity index (χ1) is 7.09. The fourth-order valence-electron chi connectivity index (χ4n) is 1.29. The minimum absolute atomic E-state index is 0.0399. The Morgan fingerprint density at radius 3 is 2.87 bits per heavy atom. The largest absolute Gasteiger partial charge is 0.295 e. The van der Waals surface area contributed by atoms with Crippen molar-refractivity contribution < 1.29 is 4.92 Å². The van der Waals surface area contributed by atoms with Crippen molar-refractivity contribution in [2.45, 2.75) is 0 Å². The Labute approximate surface area is 98.2 Å². The summed E-state index contributed by atoms with van der Waals surface area (Å²) in [6, 6.07) is 4.55. The molecule has 0 N–H and O–H groups in total. The minimum Gasteiger partial charge on any atom is -0.258 e. The maximum absolute atomic E-state index is 10.7. The van der Waals surface area contributed by atoms with Crippen molar-refractivity contribution in [2.24, 2.45) is 0 Å². The summed E-state index contributed by atoms with van der Waals surface area (Å²) in [7, 11) is 0. The van der Waals surface area contributed by atoms with Crippen LogP contribution in [0.4, 0.5) is 5.69 Å². The lowest BCUT2D eigenvalue weighted by Crippen LogP contribution is -1.91. The van der Waals surface area contributed by atoms with Crippen LogP contribution in [0.15, 0.2) is 28.9 Å². The van der Waals surface area contributed by atoms with Crippen molar-refractivity contribution in [1.29, 1.82) is 0 Å². The Bertz CT molecular complexity index is 559. The highest BCUT2D eigenvalue weighted by molar-refractivity contribution is 9.10. The lowest BCUT2D eigenvalue weighted by atomic mass is 10.2. The summed E-state index contributed by atoms with van der Waals surface area (Å²) in [5, 5.41) is 11.7. The molecule has 0 fully saturated rings. The molecule has 2 aromatic rings. The zero-order valence-electron chi connectivity index (χ0n) is 7.28. The zero-order valence-corrected chi connectivity index (χ0v) is 9.62. The molecule has 1 heterocycles. The van der Waals surface area contributed by atoms with Gasteiger partial charge >= 0.3 is 0 Å². The molecule has 0 saturated carbocycles. The van der Waals surface area contributed by atoms with Gasteiger partial charge in [0.15, 0.2) is 0 Å². The topological polar surface area (TPSA) is 56.0 Å². The third-order valence-electron chi connectivity index (χ3n) is 1.94. The lowest BCUT2D eigenvalue weighted by Gasteiger charge is -2.01. The van der Waals surface area contributed by atoms with E-state index < -0.39 is 4.92 Å². The van der Waals surface area contributed by atoms with E-state index in [9.17, 15) is 10.1 Å². The molecule has 0 aliphatic heterocycles. The molecule has 6 heteroatoms. The van der Waals surface area contributed by atoms with E-state index in [1.165, 1.54) is 18.3 Å². The quantitative estimate of drug-likeness (QED) is 0.595. The van der Waals surface area contributed by atoms with E-state index in [1.807, 2.05) is 0 Å². The summed E-state index contributed by atoms with van der Waals surface area (Å²) in [5.41, 5.74) is 0.262. The highest BCUT2D eigenvalue weighted by Crippen LogP contribution is 2.31. The monoisotopic (exact) mass is 286 g/mol. The summed E-state index contributed by atoms with van der Waals surface area (Å²) < 4.78 is 0.734. The van der Waals surface area contributed by atoms with Crippen LogP contribution in [0.5, 0.6) is 0 Å². The Morgan fingerprint density at radius 2 is 2.20 bits per heavy atom. The van der Waals surface area contributed by atoms with Crippen molar-refractivity contribution in [3.05, 3.63) is 44.0 Å². The van der Waals surface area contributed by atoms with Crippen molar-refractivity contribution in [1.82, 2.24) is 4.98 Å². The second kappa shape index (κ2) is 3.75. The molecular weight excluding hydrogens is 283 g/mol. The predicted octanol–water partition coefficient (Wildman–Crippen LogP) is 3.56. The number of benzene rings is 1. The highest BCUT2D eigenvalue weighted by atomic mass is 79.9. The summed E-state index contributed by atoms with van der Waals surface area (Å²) >= 11 is 9.16. The van der Waals surface area contributed by atoms with E-state index in [0.717, 1.165) is 4.47 Å². The molecule has 76 valence electrons. The van der Waals surface area contributed by atoms with Gasteiger partial charge in [-0.15, -0.1) is 0 Å². The molecule has 1 aromatic heterocycles. The van der Waals surface area contributed by atoms with Crippen molar-refractivity contribution >= 4 is 44.1 Å². The number of nitrogens with zero attached hydrogens (tertiary/aromatic N) is 2. The number of aromatic nitrogens is 1. The van der Waals surface area contributed by atoms with Gasteiger partial charge in [0.05, 0.1) is 9.95 Å². The zero-order chi connectivity index (χ0) is 11.0. The highest BCUT2D eigenvalue weighted by Gasteiger charge is 2.14. The van der Waals surface area contributed by atoms with Crippen LogP contribution in [-0.4, -0.2) is 9.91 Å². The Hall–Kier alpha value is -1.20. The number of pyridine rings is 1. The van der Waals surface area contributed by atoms with Gasteiger partial charge in [-0.25, -0.2) is 4.98 Å². The second-order valence-corrected chi connectivity index (χ2v) is 4.20. The smallest absolute Gasteiger partial charge is 0.258 e. The average molecular weight is 288 g/mol. The van der Waals surface area contributed by atoms with Crippen LogP contribution in [0.2, 0.25) is 5.02 Å². The normalized spacial score (nSPS) is 10.5. The molecule has 4 nitrogen and oxygen atoms in total. The molecular formula is C9H4BrClN2O2. The van der Waals surface area contributed by atoms with Gasteiger partial charge < -0.3 is 0 Å². The van der Waals surface area contributed by atoms with E-state index in [-0.39, 0.29) is 5.69 Å². The number of hydrogen-bond acceptors (Lipinski definition) is 3. The molecule has 0 bridgehead atoms. The minimum atomic E-state index is -0.473. The summed E-state index contributed by atoms with van der Waals surface area (Å²) in [5.74, 6) is 0. The second-order valence-electron chi connectivity index (χ2n) is 2.87. The van der Waals surface area contributed by atoms with Gasteiger partial charge in [0.25, 0.3) is 5.69 Å². The van der Waals surface area contributed by atoms with Crippen molar-refractivity contribution in [3.63, 3.8) is 0 Å². The molecule has 0 unspecified atom stereocenters. The molecule has 0 spiro atoms. The van der Waals surface area contributed by atoms with Crippen LogP contribution in [0, 0.1) is 10.1 Å². The Kier molecular flexibility index (Phi) is 2.58. The Balaban J connectivity index is 2.88. The summed E-state index contributed by atoms with van der Waals surface area (Å²) in [6.07, 6.45) is 1.51. The van der Waals surface area contributed by atoms with Gasteiger partial charge in [0.2, 0.25) is 0 Å². The average Bonchev–Trinajstić information content (AvgIpc) is 2.19. The molecule has 0 aliphatic rings. The van der Waals surface area contributed by atoms with Crippen molar-refractivity contribution in [3.8, 4) is 0 Å². The molecule has 1 aromatic carbocycles. The van der Waals surface area contributed by atoms with E-state index in [4.69, 9.17) is 11.6 Å². The van der Waals surface area contributed by atoms with E-state index in [2.05, 4.69) is 20.9 Å². The van der Waals surface area contributed by atoms with Crippen LogP contribution in [0.25, 0.3) is 10.9 Å². The van der Waals surface area contributed by atoms with E-state index in [0.29, 0.717) is 15.9 Å². The third-order valence-corrected chi connectivity index (χ3v) is 2.70. The number of rotatable bonds is 1. The number of halogens is 2. The molecule has 0 radical (unpaired) electrons. The van der Waals surface area contributed by atoms with Gasteiger partial charge in [-0.1, -0.05) is 11.6 Å². The van der Waals surface area contributed by atoms with Crippen LogP contribution in [0.1, 0.15) is 0 Å². The predicted molar refractivity (Wildman–Crippen MR) is 61.1 cm³/mol. The maximum Gasteiger partial charge on any atom is 0.295 e. The van der Waals surface area contributed by atoms with Gasteiger partial charge in [0.1, 0.15) is 5.52 Å². The van der Waals surface area contributed by atoms with Gasteiger partial charge in [-0.3, -0.25) is 10.1 Å². The first-order valence-electron chi connectivity index (χ1n) is 3.98.